The molecular formula is C40H55NO12. The Balaban J connectivity index is 1.24. The van der Waals surface area contributed by atoms with Crippen LogP contribution in [0, 0.1) is 0 Å². The second-order valence-corrected chi connectivity index (χ2v) is 13.8. The summed E-state index contributed by atoms with van der Waals surface area (Å²) in [6.07, 6.45) is 2.78. The molecule has 53 heavy (non-hydrogen) atoms. The van der Waals surface area contributed by atoms with Crippen molar-refractivity contribution in [3.8, 4) is 11.1 Å². The smallest absolute Gasteiger partial charge is 0.407 e. The maximum absolute atomic E-state index is 13.0. The number of ketones is 2. The maximum Gasteiger partial charge on any atom is 0.407 e. The Bertz CT molecular complexity index is 1420. The van der Waals surface area contributed by atoms with E-state index in [-0.39, 0.29) is 43.5 Å². The molecule has 1 aliphatic carbocycles. The van der Waals surface area contributed by atoms with Gasteiger partial charge in [0.15, 0.2) is 5.78 Å². The number of rotatable bonds is 27. The summed E-state index contributed by atoms with van der Waals surface area (Å²) in [5.74, 6) is -2.00. The van der Waals surface area contributed by atoms with Crippen LogP contribution in [0.4, 0.5) is 4.79 Å². The number of esters is 1. The molecule has 1 aliphatic rings. The lowest BCUT2D eigenvalue weighted by Crippen LogP contribution is -2.44. The maximum atomic E-state index is 13.0. The molecule has 0 saturated carbocycles. The minimum Gasteiger partial charge on any atom is -0.480 e. The lowest BCUT2D eigenvalue weighted by atomic mass is 9.98. The van der Waals surface area contributed by atoms with Crippen molar-refractivity contribution in [3.63, 3.8) is 0 Å². The zero-order valence-electron chi connectivity index (χ0n) is 31.2. The van der Waals surface area contributed by atoms with Gasteiger partial charge in [0.1, 0.15) is 37.2 Å². The average Bonchev–Trinajstić information content (AvgIpc) is 3.43. The van der Waals surface area contributed by atoms with Gasteiger partial charge in [0, 0.05) is 38.4 Å². The monoisotopic (exact) mass is 741 g/mol. The highest BCUT2D eigenvalue weighted by Crippen LogP contribution is 2.44. The number of amides is 1. The SMILES string of the molecule is CC(C)(C)OC(=O)C(CCC(=O)CCCCOCCOCCOCCCCC(=O)COCC(=O)O)NC(=O)OCC1c2ccccc2-c2ccccc21. The highest BCUT2D eigenvalue weighted by molar-refractivity contribution is 5.84. The van der Waals surface area contributed by atoms with Crippen molar-refractivity contribution in [1.82, 2.24) is 5.32 Å². The van der Waals surface area contributed by atoms with Gasteiger partial charge in [-0.2, -0.15) is 0 Å². The van der Waals surface area contributed by atoms with Crippen LogP contribution < -0.4 is 5.32 Å². The van der Waals surface area contributed by atoms with Crippen LogP contribution in [0.1, 0.15) is 89.2 Å². The molecule has 1 unspecified atom stereocenters. The number of carboxylic acids is 1. The Morgan fingerprint density at radius 3 is 1.75 bits per heavy atom. The molecule has 2 aromatic carbocycles. The third-order valence-electron chi connectivity index (χ3n) is 8.26. The van der Waals surface area contributed by atoms with Gasteiger partial charge in [0.05, 0.1) is 26.4 Å². The van der Waals surface area contributed by atoms with Crippen molar-refractivity contribution in [3.05, 3.63) is 59.7 Å². The van der Waals surface area contributed by atoms with Gasteiger partial charge in [-0.05, 0) is 75.1 Å². The van der Waals surface area contributed by atoms with Gasteiger partial charge in [-0.3, -0.25) is 9.59 Å². The number of hydrogen-bond donors (Lipinski definition) is 2. The Labute approximate surface area is 312 Å². The summed E-state index contributed by atoms with van der Waals surface area (Å²) in [6, 6.07) is 15.0. The summed E-state index contributed by atoms with van der Waals surface area (Å²) in [5, 5.41) is 11.1. The van der Waals surface area contributed by atoms with E-state index < -0.39 is 36.3 Å². The third kappa shape index (κ3) is 17.0. The van der Waals surface area contributed by atoms with Crippen LogP contribution in [0.2, 0.25) is 0 Å². The van der Waals surface area contributed by atoms with Crippen LogP contribution in [0.25, 0.3) is 11.1 Å². The molecule has 3 rings (SSSR count). The van der Waals surface area contributed by atoms with E-state index in [0.29, 0.717) is 78.2 Å². The average molecular weight is 742 g/mol. The molecule has 0 aliphatic heterocycles. The van der Waals surface area contributed by atoms with Crippen LogP contribution in [-0.2, 0) is 47.6 Å². The van der Waals surface area contributed by atoms with Crippen LogP contribution in [-0.4, -0.2) is 106 Å². The summed E-state index contributed by atoms with van der Waals surface area (Å²) < 4.78 is 32.5. The third-order valence-corrected chi connectivity index (χ3v) is 8.26. The molecular weight excluding hydrogens is 686 g/mol. The van der Waals surface area contributed by atoms with E-state index in [4.69, 9.17) is 33.5 Å². The van der Waals surface area contributed by atoms with Crippen LogP contribution >= 0.6 is 0 Å². The quantitative estimate of drug-likeness (QED) is 0.0853. The fourth-order valence-electron chi connectivity index (χ4n) is 5.75. The molecule has 0 aromatic heterocycles. The first-order valence-corrected chi connectivity index (χ1v) is 18.3. The molecule has 0 saturated heterocycles. The van der Waals surface area contributed by atoms with Gasteiger partial charge in [0.2, 0.25) is 0 Å². The van der Waals surface area contributed by atoms with Gasteiger partial charge >= 0.3 is 18.0 Å². The number of carbonyl (C=O) groups excluding carboxylic acids is 4. The lowest BCUT2D eigenvalue weighted by Gasteiger charge is -2.24. The number of unbranched alkanes of at least 4 members (excludes halogenated alkanes) is 2. The summed E-state index contributed by atoms with van der Waals surface area (Å²) in [5.41, 5.74) is 3.62. The number of ether oxygens (including phenoxy) is 6. The zero-order chi connectivity index (χ0) is 38.5. The van der Waals surface area contributed by atoms with Crippen molar-refractivity contribution in [2.24, 2.45) is 0 Å². The number of carbonyl (C=O) groups is 5. The minimum absolute atomic E-state index is 0.0208. The predicted octanol–water partition coefficient (Wildman–Crippen LogP) is 5.65. The van der Waals surface area contributed by atoms with Gasteiger partial charge in [-0.1, -0.05) is 48.5 Å². The number of aliphatic carboxylic acids is 1. The minimum atomic E-state index is -1.10. The summed E-state index contributed by atoms with van der Waals surface area (Å²) in [4.78, 5) is 60.5. The van der Waals surface area contributed by atoms with Gasteiger partial charge < -0.3 is 38.8 Å². The normalized spacial score (nSPS) is 12.8. The molecule has 0 fully saturated rings. The Morgan fingerprint density at radius 1 is 0.679 bits per heavy atom. The first-order chi connectivity index (χ1) is 25.4. The number of Topliss-reactive ketones (excluding diaryl/α,β-unsaturated/α-hetero) is 2. The second-order valence-electron chi connectivity index (χ2n) is 13.8. The van der Waals surface area contributed by atoms with E-state index in [9.17, 15) is 24.0 Å². The van der Waals surface area contributed by atoms with Crippen LogP contribution in [0.3, 0.4) is 0 Å². The molecule has 13 heteroatoms. The zero-order valence-corrected chi connectivity index (χ0v) is 31.2. The molecule has 1 amide bonds. The number of alkyl carbamates (subject to hydrolysis) is 1. The number of carboxylic acid groups (broad SMARTS) is 1. The molecule has 292 valence electrons. The van der Waals surface area contributed by atoms with Crippen molar-refractivity contribution < 1.29 is 57.5 Å². The van der Waals surface area contributed by atoms with E-state index in [1.54, 1.807) is 20.8 Å². The van der Waals surface area contributed by atoms with Crippen molar-refractivity contribution in [2.45, 2.75) is 89.7 Å². The standard InChI is InChI=1S/C40H55NO12/c1-40(2,3)53-38(46)36(41-39(47)52-27-35-33-16-6-4-14-31(33)32-15-5-7-17-34(32)35)19-18-29(42)12-8-10-20-48-22-24-50-25-23-49-21-11-9-13-30(43)26-51-28-37(44)45/h4-7,14-17,35-36H,8-13,18-28H2,1-3H3,(H,41,47)(H,44,45). The first kappa shape index (κ1) is 43.2. The Hall–Kier alpha value is -4.17. The lowest BCUT2D eigenvalue weighted by molar-refractivity contribution is -0.157. The summed E-state index contributed by atoms with van der Waals surface area (Å²) in [7, 11) is 0. The molecule has 0 bridgehead atoms. The van der Waals surface area contributed by atoms with E-state index >= 15 is 0 Å². The van der Waals surface area contributed by atoms with Crippen LogP contribution in [0.5, 0.6) is 0 Å². The van der Waals surface area contributed by atoms with E-state index in [0.717, 1.165) is 22.3 Å². The van der Waals surface area contributed by atoms with Gasteiger partial charge in [0.25, 0.3) is 0 Å². The second kappa shape index (κ2) is 23.5. The number of fused-ring (bicyclic) bond motifs is 3. The fourth-order valence-corrected chi connectivity index (χ4v) is 5.75. The molecule has 0 spiro atoms. The molecule has 0 radical (unpaired) electrons. The number of nitrogens with one attached hydrogen (secondary N) is 1. The number of hydrogen-bond acceptors (Lipinski definition) is 11. The van der Waals surface area contributed by atoms with Crippen molar-refractivity contribution in [1.29, 1.82) is 0 Å². The van der Waals surface area contributed by atoms with E-state index in [2.05, 4.69) is 17.4 Å². The van der Waals surface area contributed by atoms with E-state index in [1.165, 1.54) is 0 Å². The highest BCUT2D eigenvalue weighted by atomic mass is 16.6. The van der Waals surface area contributed by atoms with Crippen molar-refractivity contribution in [2.75, 3.05) is 59.5 Å². The predicted molar refractivity (Wildman–Crippen MR) is 196 cm³/mol. The van der Waals surface area contributed by atoms with Gasteiger partial charge in [-0.25, -0.2) is 14.4 Å². The van der Waals surface area contributed by atoms with E-state index in [1.807, 2.05) is 36.4 Å². The largest absolute Gasteiger partial charge is 0.480 e. The summed E-state index contributed by atoms with van der Waals surface area (Å²) >= 11 is 0. The Kier molecular flexibility index (Phi) is 19.2. The topological polar surface area (TPSA) is 173 Å². The molecule has 2 N–H and O–H groups in total. The number of benzene rings is 2. The first-order valence-electron chi connectivity index (χ1n) is 18.3. The molecule has 0 heterocycles. The summed E-state index contributed by atoms with van der Waals surface area (Å²) in [6.45, 7) is 7.32. The molecule has 1 atom stereocenters. The van der Waals surface area contributed by atoms with Crippen LogP contribution in [0.15, 0.2) is 48.5 Å². The fraction of sp³-hybridized carbons (Fsp3) is 0.575. The van der Waals surface area contributed by atoms with Gasteiger partial charge in [-0.15, -0.1) is 0 Å². The highest BCUT2D eigenvalue weighted by Gasteiger charge is 2.31. The van der Waals surface area contributed by atoms with Crippen molar-refractivity contribution >= 4 is 29.6 Å². The molecule has 13 nitrogen and oxygen atoms in total. The molecule has 2 aromatic rings. The Morgan fingerprint density at radius 2 is 1.21 bits per heavy atom.